The Hall–Kier alpha value is -3.85. The lowest BCUT2D eigenvalue weighted by Crippen LogP contribution is -2.47. The zero-order valence-electron chi connectivity index (χ0n) is 20.7. The lowest BCUT2D eigenvalue weighted by Gasteiger charge is -2.20. The quantitative estimate of drug-likeness (QED) is 0.159. The number of amidine groups is 1. The van der Waals surface area contributed by atoms with Gasteiger partial charge < -0.3 is 25.4 Å². The molecule has 3 rings (SSSR count). The third kappa shape index (κ3) is 7.57. The Labute approximate surface area is 220 Å². The molecule has 8 nitrogen and oxygen atoms in total. The van der Waals surface area contributed by atoms with Crippen LogP contribution in [-0.4, -0.2) is 51.1 Å². The van der Waals surface area contributed by atoms with Gasteiger partial charge >= 0.3 is 0 Å². The molecule has 3 aromatic carbocycles. The lowest BCUT2D eigenvalue weighted by atomic mass is 10.0. The van der Waals surface area contributed by atoms with Gasteiger partial charge in [0.05, 0.1) is 19.8 Å². The summed E-state index contributed by atoms with van der Waals surface area (Å²) in [6, 6.07) is 15.1. The van der Waals surface area contributed by atoms with Crippen molar-refractivity contribution in [2.24, 2.45) is 0 Å². The van der Waals surface area contributed by atoms with E-state index in [0.717, 1.165) is 16.3 Å². The fourth-order valence-corrected chi connectivity index (χ4v) is 3.94. The number of alkyl halides is 1. The molecule has 1 atom stereocenters. The molecule has 0 fully saturated rings. The number of benzene rings is 3. The number of rotatable bonds is 12. The monoisotopic (exact) mass is 528 g/mol. The first kappa shape index (κ1) is 27.7. The van der Waals surface area contributed by atoms with Gasteiger partial charge in [0.2, 0.25) is 5.91 Å². The Morgan fingerprint density at radius 2 is 1.76 bits per heavy atom. The average Bonchev–Trinajstić information content (AvgIpc) is 2.92. The molecule has 0 aromatic heterocycles. The van der Waals surface area contributed by atoms with Crippen molar-refractivity contribution in [2.75, 3.05) is 27.4 Å². The SMILES string of the molecule is COc1cc2c(OC)cccc2cc1C(=O)NC(CCCNC(=N)CF)C(=O)NCc1ccc(Cl)cc1. The second-order valence-corrected chi connectivity index (χ2v) is 8.72. The van der Waals surface area contributed by atoms with Crippen LogP contribution in [0.15, 0.2) is 54.6 Å². The van der Waals surface area contributed by atoms with Crippen molar-refractivity contribution < 1.29 is 23.5 Å². The number of ether oxygens (including phenoxy) is 2. The van der Waals surface area contributed by atoms with Gasteiger partial charge in [-0.05, 0) is 54.1 Å². The molecule has 37 heavy (non-hydrogen) atoms. The number of hydrogen-bond donors (Lipinski definition) is 4. The van der Waals surface area contributed by atoms with Gasteiger partial charge in [-0.2, -0.15) is 0 Å². The Morgan fingerprint density at radius 1 is 1.03 bits per heavy atom. The molecule has 2 amide bonds. The van der Waals surface area contributed by atoms with Gasteiger partial charge in [-0.3, -0.25) is 15.0 Å². The molecule has 0 aliphatic heterocycles. The lowest BCUT2D eigenvalue weighted by molar-refractivity contribution is -0.123. The smallest absolute Gasteiger partial charge is 0.255 e. The molecule has 1 unspecified atom stereocenters. The number of hydrogen-bond acceptors (Lipinski definition) is 5. The van der Waals surface area contributed by atoms with Crippen LogP contribution in [0.4, 0.5) is 4.39 Å². The Balaban J connectivity index is 1.78. The molecular weight excluding hydrogens is 499 g/mol. The van der Waals surface area contributed by atoms with Gasteiger partial charge in [0.1, 0.15) is 30.1 Å². The van der Waals surface area contributed by atoms with Gasteiger partial charge in [0.15, 0.2) is 0 Å². The van der Waals surface area contributed by atoms with E-state index in [1.165, 1.54) is 7.11 Å². The number of amides is 2. The Morgan fingerprint density at radius 3 is 2.43 bits per heavy atom. The predicted octanol–water partition coefficient (Wildman–Crippen LogP) is 4.24. The van der Waals surface area contributed by atoms with Crippen LogP contribution in [0.1, 0.15) is 28.8 Å². The molecule has 0 heterocycles. The molecule has 3 aromatic rings. The molecule has 0 spiro atoms. The van der Waals surface area contributed by atoms with Crippen molar-refractivity contribution in [3.05, 3.63) is 70.7 Å². The summed E-state index contributed by atoms with van der Waals surface area (Å²) < 4.78 is 23.4. The first-order valence-electron chi connectivity index (χ1n) is 11.7. The summed E-state index contributed by atoms with van der Waals surface area (Å²) in [6.45, 7) is -0.348. The van der Waals surface area contributed by atoms with Gasteiger partial charge in [-0.15, -0.1) is 0 Å². The zero-order chi connectivity index (χ0) is 26.8. The molecule has 0 radical (unpaired) electrons. The molecule has 0 aliphatic carbocycles. The number of methoxy groups -OCH3 is 2. The minimum absolute atomic E-state index is 0.232. The molecule has 4 N–H and O–H groups in total. The third-order valence-corrected chi connectivity index (χ3v) is 6.02. The summed E-state index contributed by atoms with van der Waals surface area (Å²) in [6.07, 6.45) is 0.697. The summed E-state index contributed by atoms with van der Waals surface area (Å²) in [4.78, 5) is 26.4. The normalized spacial score (nSPS) is 11.5. The second-order valence-electron chi connectivity index (χ2n) is 8.29. The highest BCUT2D eigenvalue weighted by atomic mass is 35.5. The van der Waals surface area contributed by atoms with Crippen LogP contribution in [0.2, 0.25) is 5.02 Å². The van der Waals surface area contributed by atoms with E-state index >= 15 is 0 Å². The van der Waals surface area contributed by atoms with E-state index in [9.17, 15) is 14.0 Å². The first-order chi connectivity index (χ1) is 17.9. The third-order valence-electron chi connectivity index (χ3n) is 5.77. The zero-order valence-corrected chi connectivity index (χ0v) is 21.5. The van der Waals surface area contributed by atoms with Crippen molar-refractivity contribution in [3.8, 4) is 11.5 Å². The topological polar surface area (TPSA) is 113 Å². The largest absolute Gasteiger partial charge is 0.496 e. The van der Waals surface area contributed by atoms with Crippen molar-refractivity contribution >= 4 is 40.0 Å². The van der Waals surface area contributed by atoms with Crippen molar-refractivity contribution in [2.45, 2.75) is 25.4 Å². The van der Waals surface area contributed by atoms with Crippen LogP contribution in [0.5, 0.6) is 11.5 Å². The number of fused-ring (bicyclic) bond motifs is 1. The summed E-state index contributed by atoms with van der Waals surface area (Å²) in [5, 5.41) is 17.8. The molecule has 0 saturated carbocycles. The second kappa shape index (κ2) is 13.5. The fraction of sp³-hybridized carbons (Fsp3) is 0.296. The van der Waals surface area contributed by atoms with Gasteiger partial charge in [0, 0.05) is 23.5 Å². The number of halogens is 2. The van der Waals surface area contributed by atoms with E-state index in [-0.39, 0.29) is 30.3 Å². The molecule has 10 heteroatoms. The molecule has 0 saturated heterocycles. The van der Waals surface area contributed by atoms with Crippen LogP contribution in [-0.2, 0) is 11.3 Å². The van der Waals surface area contributed by atoms with E-state index in [0.29, 0.717) is 29.5 Å². The maximum Gasteiger partial charge on any atom is 0.255 e. The van der Waals surface area contributed by atoms with E-state index < -0.39 is 18.6 Å². The Kier molecular flexibility index (Phi) is 10.1. The van der Waals surface area contributed by atoms with E-state index in [1.54, 1.807) is 43.5 Å². The molecule has 0 bridgehead atoms. The highest BCUT2D eigenvalue weighted by Crippen LogP contribution is 2.32. The van der Waals surface area contributed by atoms with E-state index in [1.807, 2.05) is 18.2 Å². The maximum atomic E-state index is 13.3. The fourth-order valence-electron chi connectivity index (χ4n) is 3.81. The minimum Gasteiger partial charge on any atom is -0.496 e. The highest BCUT2D eigenvalue weighted by molar-refractivity contribution is 6.30. The van der Waals surface area contributed by atoms with Crippen LogP contribution >= 0.6 is 11.6 Å². The standard InChI is InChI=1S/C27H30ClFN4O4/c1-36-23-7-3-5-18-13-21(24(37-2)14-20(18)23)26(34)33-22(6-4-12-31-25(30)15-29)27(35)32-16-17-8-10-19(28)11-9-17/h3,5,7-11,13-14,22H,4,6,12,15-16H2,1-2H3,(H2,30,31)(H,32,35)(H,33,34). The number of nitrogens with one attached hydrogen (secondary N) is 4. The summed E-state index contributed by atoms with van der Waals surface area (Å²) in [7, 11) is 3.04. The van der Waals surface area contributed by atoms with Crippen LogP contribution in [0.3, 0.4) is 0 Å². The maximum absolute atomic E-state index is 13.3. The summed E-state index contributed by atoms with van der Waals surface area (Å²) in [5.41, 5.74) is 1.13. The Bertz CT molecular complexity index is 1250. The highest BCUT2D eigenvalue weighted by Gasteiger charge is 2.23. The van der Waals surface area contributed by atoms with Crippen molar-refractivity contribution in [1.82, 2.24) is 16.0 Å². The van der Waals surface area contributed by atoms with Gasteiger partial charge in [-0.25, -0.2) is 4.39 Å². The van der Waals surface area contributed by atoms with Crippen LogP contribution in [0.25, 0.3) is 10.8 Å². The first-order valence-corrected chi connectivity index (χ1v) is 12.1. The molecular formula is C27H30ClFN4O4. The van der Waals surface area contributed by atoms with Crippen LogP contribution < -0.4 is 25.4 Å². The van der Waals surface area contributed by atoms with E-state index in [4.69, 9.17) is 26.5 Å². The van der Waals surface area contributed by atoms with Gasteiger partial charge in [0.25, 0.3) is 5.91 Å². The number of carbonyl (C=O) groups is 2. The molecule has 0 aliphatic rings. The summed E-state index contributed by atoms with van der Waals surface area (Å²) in [5.74, 6) is -0.0893. The van der Waals surface area contributed by atoms with Crippen LogP contribution in [0, 0.1) is 5.41 Å². The van der Waals surface area contributed by atoms with E-state index in [2.05, 4.69) is 16.0 Å². The minimum atomic E-state index is -0.895. The predicted molar refractivity (Wildman–Crippen MR) is 143 cm³/mol. The number of carbonyl (C=O) groups excluding carboxylic acids is 2. The average molecular weight is 529 g/mol. The summed E-state index contributed by atoms with van der Waals surface area (Å²) >= 11 is 5.93. The van der Waals surface area contributed by atoms with Crippen molar-refractivity contribution in [3.63, 3.8) is 0 Å². The molecule has 196 valence electrons. The van der Waals surface area contributed by atoms with Crippen molar-refractivity contribution in [1.29, 1.82) is 5.41 Å². The van der Waals surface area contributed by atoms with Gasteiger partial charge in [-0.1, -0.05) is 35.9 Å².